The highest BCUT2D eigenvalue weighted by atomic mass is 35.5. The largest absolute Gasteiger partial charge is 0.468 e. The van der Waals surface area contributed by atoms with E-state index in [1.165, 1.54) is 48.3 Å². The zero-order valence-electron chi connectivity index (χ0n) is 13.0. The maximum Gasteiger partial charge on any atom is 0.326 e. The smallest absolute Gasteiger partial charge is 0.326 e. The van der Waals surface area contributed by atoms with E-state index in [9.17, 15) is 13.2 Å². The van der Waals surface area contributed by atoms with Gasteiger partial charge >= 0.3 is 5.97 Å². The molecule has 0 aliphatic carbocycles. The van der Waals surface area contributed by atoms with Crippen LogP contribution in [0, 0.1) is 0 Å². The van der Waals surface area contributed by atoms with Crippen LogP contribution in [0.1, 0.15) is 0 Å². The molecule has 2 aromatic heterocycles. The normalized spacial score (nSPS) is 11.4. The second kappa shape index (κ2) is 6.69. The van der Waals surface area contributed by atoms with Crippen LogP contribution in [0.5, 0.6) is 0 Å². The fourth-order valence-electron chi connectivity index (χ4n) is 2.19. The number of carbonyl (C=O) groups excluding carboxylic acids is 1. The summed E-state index contributed by atoms with van der Waals surface area (Å²) in [5.74, 6) is -0.691. The molecule has 0 saturated carbocycles. The summed E-state index contributed by atoms with van der Waals surface area (Å²) in [4.78, 5) is 11.7. The summed E-state index contributed by atoms with van der Waals surface area (Å²) in [6.07, 6.45) is 2.77. The van der Waals surface area contributed by atoms with Crippen LogP contribution < -0.4 is 4.31 Å². The second-order valence-electron chi connectivity index (χ2n) is 5.03. The number of nitrogens with zero attached hydrogens (tertiary/aromatic N) is 4. The van der Waals surface area contributed by atoms with Crippen LogP contribution in [0.15, 0.2) is 53.8 Å². The number of hydrogen-bond acceptors (Lipinski definition) is 6. The third-order valence-corrected chi connectivity index (χ3v) is 5.48. The predicted octanol–water partition coefficient (Wildman–Crippen LogP) is 1.75. The molecule has 0 bridgehead atoms. The molecule has 10 heteroatoms. The average Bonchev–Trinajstić information content (AvgIpc) is 3.08. The highest BCUT2D eigenvalue weighted by molar-refractivity contribution is 7.92. The van der Waals surface area contributed by atoms with Crippen LogP contribution in [0.4, 0.5) is 5.69 Å². The van der Waals surface area contributed by atoms with Crippen molar-refractivity contribution in [3.05, 3.63) is 53.9 Å². The van der Waals surface area contributed by atoms with Gasteiger partial charge in [0.2, 0.25) is 0 Å². The first kappa shape index (κ1) is 17.2. The van der Waals surface area contributed by atoms with E-state index in [-0.39, 0.29) is 4.90 Å². The highest BCUT2D eigenvalue weighted by Crippen LogP contribution is 2.25. The first-order chi connectivity index (χ1) is 11.9. The highest BCUT2D eigenvalue weighted by Gasteiger charge is 2.28. The number of hydrogen-bond donors (Lipinski definition) is 0. The Bertz CT molecular complexity index is 1020. The number of methoxy groups -OCH3 is 1. The van der Waals surface area contributed by atoms with E-state index < -0.39 is 22.5 Å². The maximum atomic E-state index is 13.1. The third-order valence-electron chi connectivity index (χ3n) is 3.47. The molecule has 2 heterocycles. The van der Waals surface area contributed by atoms with Gasteiger partial charge in [-0.2, -0.15) is 0 Å². The molecule has 0 amide bonds. The molecule has 0 N–H and O–H groups in total. The lowest BCUT2D eigenvalue weighted by molar-refractivity contribution is -0.138. The van der Waals surface area contributed by atoms with Gasteiger partial charge in [0.1, 0.15) is 17.8 Å². The van der Waals surface area contributed by atoms with E-state index in [4.69, 9.17) is 11.6 Å². The number of ether oxygens (including phenoxy) is 1. The number of aromatic nitrogens is 3. The van der Waals surface area contributed by atoms with Gasteiger partial charge in [0.05, 0.1) is 12.8 Å². The minimum atomic E-state index is -4.03. The summed E-state index contributed by atoms with van der Waals surface area (Å²) < 4.78 is 33.2. The molecule has 0 atom stereocenters. The van der Waals surface area contributed by atoms with Crippen molar-refractivity contribution in [1.29, 1.82) is 0 Å². The van der Waals surface area contributed by atoms with Crippen molar-refractivity contribution in [3.8, 4) is 0 Å². The molecule has 8 nitrogen and oxygen atoms in total. The fraction of sp³-hybridized carbons (Fsp3) is 0.133. The van der Waals surface area contributed by atoms with Crippen LogP contribution in [0.25, 0.3) is 5.65 Å². The number of rotatable bonds is 5. The fourth-order valence-corrected chi connectivity index (χ4v) is 3.73. The van der Waals surface area contributed by atoms with Gasteiger partial charge in [0.15, 0.2) is 5.65 Å². The third kappa shape index (κ3) is 3.42. The first-order valence-electron chi connectivity index (χ1n) is 7.06. The van der Waals surface area contributed by atoms with E-state index >= 15 is 0 Å². The van der Waals surface area contributed by atoms with Gasteiger partial charge in [-0.05, 0) is 36.4 Å². The SMILES string of the molecule is COC(=O)CN(c1ccc(Cl)cc1)S(=O)(=O)c1ccc2nncn2c1. The summed E-state index contributed by atoms with van der Waals surface area (Å²) in [7, 11) is -2.84. The lowest BCUT2D eigenvalue weighted by Gasteiger charge is -2.23. The summed E-state index contributed by atoms with van der Waals surface area (Å²) >= 11 is 5.86. The number of sulfonamides is 1. The van der Waals surface area contributed by atoms with Gasteiger partial charge in [0.25, 0.3) is 10.0 Å². The van der Waals surface area contributed by atoms with Crippen molar-refractivity contribution in [2.24, 2.45) is 0 Å². The van der Waals surface area contributed by atoms with Crippen LogP contribution in [-0.4, -0.2) is 42.6 Å². The summed E-state index contributed by atoms with van der Waals surface area (Å²) in [6.45, 7) is -0.472. The minimum absolute atomic E-state index is 0.0151. The molecule has 25 heavy (non-hydrogen) atoms. The Balaban J connectivity index is 2.08. The molecule has 3 rings (SSSR count). The molecular weight excluding hydrogens is 368 g/mol. The maximum absolute atomic E-state index is 13.1. The molecule has 3 aromatic rings. The van der Waals surface area contributed by atoms with Crippen molar-refractivity contribution in [2.75, 3.05) is 18.0 Å². The van der Waals surface area contributed by atoms with E-state index in [1.807, 2.05) is 0 Å². The number of halogens is 1. The first-order valence-corrected chi connectivity index (χ1v) is 8.88. The monoisotopic (exact) mass is 380 g/mol. The summed E-state index contributed by atoms with van der Waals surface area (Å²) in [6, 6.07) is 9.04. The summed E-state index contributed by atoms with van der Waals surface area (Å²) in [5, 5.41) is 8.00. The zero-order chi connectivity index (χ0) is 18.0. The van der Waals surface area contributed by atoms with Crippen LogP contribution >= 0.6 is 11.6 Å². The molecule has 0 fully saturated rings. The zero-order valence-corrected chi connectivity index (χ0v) is 14.6. The quantitative estimate of drug-likeness (QED) is 0.626. The number of anilines is 1. The van der Waals surface area contributed by atoms with Crippen LogP contribution in [0.3, 0.4) is 0 Å². The van der Waals surface area contributed by atoms with E-state index in [0.717, 1.165) is 4.31 Å². The van der Waals surface area contributed by atoms with Crippen molar-refractivity contribution in [3.63, 3.8) is 0 Å². The summed E-state index contributed by atoms with van der Waals surface area (Å²) in [5.41, 5.74) is 0.795. The Morgan fingerprint density at radius 1 is 1.24 bits per heavy atom. The molecule has 0 saturated heterocycles. The van der Waals surface area contributed by atoms with E-state index in [2.05, 4.69) is 14.9 Å². The Morgan fingerprint density at radius 3 is 2.64 bits per heavy atom. The van der Waals surface area contributed by atoms with Crippen molar-refractivity contribution in [2.45, 2.75) is 4.90 Å². The number of fused-ring (bicyclic) bond motifs is 1. The standard InChI is InChI=1S/C15H13ClN4O4S/c1-24-15(21)9-20(12-4-2-11(16)3-5-12)25(22,23)13-6-7-14-18-17-10-19(14)8-13/h2-8,10H,9H2,1H3. The van der Waals surface area contributed by atoms with Crippen molar-refractivity contribution in [1.82, 2.24) is 14.6 Å². The van der Waals surface area contributed by atoms with Gasteiger partial charge < -0.3 is 4.74 Å². The lowest BCUT2D eigenvalue weighted by Crippen LogP contribution is -2.36. The lowest BCUT2D eigenvalue weighted by atomic mass is 10.3. The molecule has 0 aliphatic heterocycles. The number of pyridine rings is 1. The van der Waals surface area contributed by atoms with Crippen LogP contribution in [0.2, 0.25) is 5.02 Å². The Hall–Kier alpha value is -2.65. The van der Waals surface area contributed by atoms with Gasteiger partial charge in [-0.1, -0.05) is 11.6 Å². The molecule has 0 radical (unpaired) electrons. The average molecular weight is 381 g/mol. The molecular formula is C15H13ClN4O4S. The second-order valence-corrected chi connectivity index (χ2v) is 7.32. The van der Waals surface area contributed by atoms with Crippen molar-refractivity contribution < 1.29 is 17.9 Å². The Kier molecular flexibility index (Phi) is 4.60. The van der Waals surface area contributed by atoms with Gasteiger partial charge in [-0.25, -0.2) is 8.42 Å². The van der Waals surface area contributed by atoms with Crippen molar-refractivity contribution >= 4 is 38.9 Å². The molecule has 1 aromatic carbocycles. The van der Waals surface area contributed by atoms with Gasteiger partial charge in [0, 0.05) is 11.2 Å². The molecule has 0 aliphatic rings. The molecule has 0 spiro atoms. The van der Waals surface area contributed by atoms with Crippen LogP contribution in [-0.2, 0) is 19.6 Å². The number of esters is 1. The number of benzene rings is 1. The van der Waals surface area contributed by atoms with Gasteiger partial charge in [-0.3, -0.25) is 13.5 Å². The number of carbonyl (C=O) groups is 1. The molecule has 130 valence electrons. The van der Waals surface area contributed by atoms with Gasteiger partial charge in [-0.15, -0.1) is 10.2 Å². The predicted molar refractivity (Wildman–Crippen MR) is 91.0 cm³/mol. The van der Waals surface area contributed by atoms with E-state index in [0.29, 0.717) is 16.4 Å². The Morgan fingerprint density at radius 2 is 1.96 bits per heavy atom. The Labute approximate surface area is 148 Å². The molecule has 0 unspecified atom stereocenters. The topological polar surface area (TPSA) is 93.9 Å². The minimum Gasteiger partial charge on any atom is -0.468 e. The van der Waals surface area contributed by atoms with E-state index in [1.54, 1.807) is 12.1 Å².